The van der Waals surface area contributed by atoms with Gasteiger partial charge in [0, 0.05) is 0 Å². The fourth-order valence-electron chi connectivity index (χ4n) is 1.63. The van der Waals surface area contributed by atoms with E-state index in [9.17, 15) is 8.42 Å². The molecule has 0 aliphatic carbocycles. The average molecular weight is 246 g/mol. The second-order valence-electron chi connectivity index (χ2n) is 3.77. The molecule has 0 saturated carbocycles. The SMILES string of the molecule is C=CC[N+](CC=C)(CC=C)CCS(=O)(=O)O. The molecule has 0 spiro atoms. The van der Waals surface area contributed by atoms with Crippen LogP contribution in [0.4, 0.5) is 0 Å². The van der Waals surface area contributed by atoms with Crippen LogP contribution in [0.3, 0.4) is 0 Å². The van der Waals surface area contributed by atoms with E-state index in [1.165, 1.54) is 0 Å². The van der Waals surface area contributed by atoms with E-state index >= 15 is 0 Å². The molecule has 0 rings (SSSR count). The lowest BCUT2D eigenvalue weighted by Crippen LogP contribution is -2.50. The molecule has 0 radical (unpaired) electrons. The van der Waals surface area contributed by atoms with Crippen molar-refractivity contribution in [1.82, 2.24) is 0 Å². The molecular formula is C11H20NO3S+. The lowest BCUT2D eigenvalue weighted by molar-refractivity contribution is -0.909. The normalized spacial score (nSPS) is 12.1. The molecule has 16 heavy (non-hydrogen) atoms. The van der Waals surface area contributed by atoms with Gasteiger partial charge in [-0.15, -0.1) is 0 Å². The highest BCUT2D eigenvalue weighted by Gasteiger charge is 2.25. The third-order valence-corrected chi connectivity index (χ3v) is 3.07. The Morgan fingerprint density at radius 1 is 1.00 bits per heavy atom. The van der Waals surface area contributed by atoms with Crippen LogP contribution in [-0.4, -0.2) is 49.4 Å². The molecule has 92 valence electrons. The van der Waals surface area contributed by atoms with Crippen LogP contribution in [0.15, 0.2) is 38.0 Å². The summed E-state index contributed by atoms with van der Waals surface area (Å²) in [5.74, 6) is -0.261. The zero-order valence-electron chi connectivity index (χ0n) is 9.51. The molecule has 1 N–H and O–H groups in total. The monoisotopic (exact) mass is 246 g/mol. The van der Waals surface area contributed by atoms with Crippen LogP contribution in [0.2, 0.25) is 0 Å². The highest BCUT2D eigenvalue weighted by atomic mass is 32.2. The summed E-state index contributed by atoms with van der Waals surface area (Å²) in [6, 6.07) is 0. The Balaban J connectivity index is 4.78. The fourth-order valence-corrected chi connectivity index (χ4v) is 2.25. The molecule has 0 atom stereocenters. The summed E-state index contributed by atoms with van der Waals surface area (Å²) in [6.45, 7) is 13.2. The van der Waals surface area contributed by atoms with Gasteiger partial charge in [0.1, 0.15) is 5.75 Å². The van der Waals surface area contributed by atoms with E-state index in [1.807, 2.05) is 0 Å². The summed E-state index contributed by atoms with van der Waals surface area (Å²) in [4.78, 5) is 0. The maximum atomic E-state index is 10.8. The Bertz CT molecular complexity index is 320. The van der Waals surface area contributed by atoms with E-state index < -0.39 is 10.1 Å². The number of hydrogen-bond donors (Lipinski definition) is 1. The van der Waals surface area contributed by atoms with E-state index in [-0.39, 0.29) is 5.75 Å². The molecule has 0 aliphatic heterocycles. The number of quaternary nitrogens is 1. The highest BCUT2D eigenvalue weighted by Crippen LogP contribution is 2.08. The Morgan fingerprint density at radius 2 is 1.38 bits per heavy atom. The quantitative estimate of drug-likeness (QED) is 0.378. The van der Waals surface area contributed by atoms with Crippen LogP contribution in [0.5, 0.6) is 0 Å². The van der Waals surface area contributed by atoms with Crippen LogP contribution in [-0.2, 0) is 10.1 Å². The molecule has 0 saturated heterocycles. The zero-order valence-corrected chi connectivity index (χ0v) is 10.3. The molecule has 0 aliphatic rings. The topological polar surface area (TPSA) is 54.4 Å². The Hall–Kier alpha value is -0.910. The predicted octanol–water partition coefficient (Wildman–Crippen LogP) is 1.25. The minimum atomic E-state index is -3.93. The van der Waals surface area contributed by atoms with Crippen molar-refractivity contribution in [2.45, 2.75) is 0 Å². The van der Waals surface area contributed by atoms with Gasteiger partial charge in [0.15, 0.2) is 0 Å². The minimum absolute atomic E-state index is 0.261. The minimum Gasteiger partial charge on any atom is -0.313 e. The molecule has 0 aromatic heterocycles. The predicted molar refractivity (Wildman–Crippen MR) is 66.7 cm³/mol. The van der Waals surface area contributed by atoms with E-state index in [0.29, 0.717) is 30.7 Å². The van der Waals surface area contributed by atoms with Crippen molar-refractivity contribution in [2.24, 2.45) is 0 Å². The van der Waals surface area contributed by atoms with E-state index in [4.69, 9.17) is 4.55 Å². The maximum absolute atomic E-state index is 10.8. The Kier molecular flexibility index (Phi) is 6.25. The van der Waals surface area contributed by atoms with Gasteiger partial charge in [0.05, 0.1) is 26.2 Å². The van der Waals surface area contributed by atoms with Gasteiger partial charge in [0.25, 0.3) is 10.1 Å². The second kappa shape index (κ2) is 6.62. The van der Waals surface area contributed by atoms with Gasteiger partial charge in [0.2, 0.25) is 0 Å². The van der Waals surface area contributed by atoms with Crippen LogP contribution >= 0.6 is 0 Å². The van der Waals surface area contributed by atoms with Crippen molar-refractivity contribution in [3.63, 3.8) is 0 Å². The first kappa shape index (κ1) is 15.1. The van der Waals surface area contributed by atoms with Crippen molar-refractivity contribution in [2.75, 3.05) is 31.9 Å². The van der Waals surface area contributed by atoms with Gasteiger partial charge in [-0.25, -0.2) is 0 Å². The first-order chi connectivity index (χ1) is 7.39. The Labute approximate surface area is 97.9 Å². The summed E-state index contributed by atoms with van der Waals surface area (Å²) in [7, 11) is -3.93. The van der Waals surface area contributed by atoms with Crippen molar-refractivity contribution in [3.8, 4) is 0 Å². The molecular weight excluding hydrogens is 226 g/mol. The third kappa shape index (κ3) is 5.85. The molecule has 0 heterocycles. The number of rotatable bonds is 9. The van der Waals surface area contributed by atoms with E-state index in [2.05, 4.69) is 19.7 Å². The lowest BCUT2D eigenvalue weighted by Gasteiger charge is -2.35. The first-order valence-electron chi connectivity index (χ1n) is 5.02. The Morgan fingerprint density at radius 3 is 1.62 bits per heavy atom. The van der Waals surface area contributed by atoms with Crippen molar-refractivity contribution >= 4 is 10.1 Å². The van der Waals surface area contributed by atoms with Crippen LogP contribution in [0, 0.1) is 0 Å². The average Bonchev–Trinajstić information content (AvgIpc) is 2.15. The molecule has 4 nitrogen and oxygen atoms in total. The molecule has 0 unspecified atom stereocenters. The van der Waals surface area contributed by atoms with Crippen LogP contribution in [0.1, 0.15) is 0 Å². The summed E-state index contributed by atoms with van der Waals surface area (Å²) >= 11 is 0. The van der Waals surface area contributed by atoms with Gasteiger partial charge in [-0.1, -0.05) is 19.7 Å². The number of hydrogen-bond acceptors (Lipinski definition) is 2. The molecule has 0 fully saturated rings. The molecule has 5 heteroatoms. The first-order valence-corrected chi connectivity index (χ1v) is 6.63. The molecule has 0 amide bonds. The molecule has 0 aromatic rings. The standard InChI is InChI=1S/C11H19NO3S/c1-4-7-12(8-5-2,9-6-3)10-11-16(13,14)15/h4-6H,1-3,7-11H2/p+1. The van der Waals surface area contributed by atoms with Gasteiger partial charge >= 0.3 is 0 Å². The molecule has 0 aromatic carbocycles. The number of nitrogens with zero attached hydrogens (tertiary/aromatic N) is 1. The van der Waals surface area contributed by atoms with Crippen LogP contribution in [0.25, 0.3) is 0 Å². The van der Waals surface area contributed by atoms with E-state index in [0.717, 1.165) is 0 Å². The fraction of sp³-hybridized carbons (Fsp3) is 0.455. The summed E-state index contributed by atoms with van der Waals surface area (Å²) in [5, 5.41) is 0. The largest absolute Gasteiger partial charge is 0.313 e. The highest BCUT2D eigenvalue weighted by molar-refractivity contribution is 7.85. The maximum Gasteiger partial charge on any atom is 0.270 e. The zero-order chi connectivity index (χ0) is 12.7. The summed E-state index contributed by atoms with van der Waals surface area (Å²) < 4.78 is 30.8. The van der Waals surface area contributed by atoms with Gasteiger partial charge < -0.3 is 4.48 Å². The summed E-state index contributed by atoms with van der Waals surface area (Å²) in [6.07, 6.45) is 5.20. The van der Waals surface area contributed by atoms with Gasteiger partial charge in [-0.05, 0) is 18.2 Å². The molecule has 0 bridgehead atoms. The smallest absolute Gasteiger partial charge is 0.270 e. The van der Waals surface area contributed by atoms with Gasteiger partial charge in [-0.2, -0.15) is 8.42 Å². The van der Waals surface area contributed by atoms with E-state index in [1.54, 1.807) is 18.2 Å². The van der Waals surface area contributed by atoms with Crippen LogP contribution < -0.4 is 0 Å². The van der Waals surface area contributed by atoms with Crippen molar-refractivity contribution < 1.29 is 17.5 Å². The second-order valence-corrected chi connectivity index (χ2v) is 5.34. The lowest BCUT2D eigenvalue weighted by atomic mass is 10.3. The third-order valence-electron chi connectivity index (χ3n) is 2.37. The van der Waals surface area contributed by atoms with Crippen molar-refractivity contribution in [1.29, 1.82) is 0 Å². The van der Waals surface area contributed by atoms with Crippen molar-refractivity contribution in [3.05, 3.63) is 38.0 Å². The summed E-state index contributed by atoms with van der Waals surface area (Å²) in [5.41, 5.74) is 0. The van der Waals surface area contributed by atoms with Gasteiger partial charge in [-0.3, -0.25) is 4.55 Å².